The van der Waals surface area contributed by atoms with Gasteiger partial charge in [-0.25, -0.2) is 4.98 Å². The number of ether oxygens (including phenoxy) is 2. The van der Waals surface area contributed by atoms with Gasteiger partial charge in [-0.1, -0.05) is 97.6 Å². The summed E-state index contributed by atoms with van der Waals surface area (Å²) in [5.74, 6) is -3.16. The normalized spacial score (nSPS) is 17.9. The molecule has 2 unspecified atom stereocenters. The molecule has 1 aromatic carbocycles. The van der Waals surface area contributed by atoms with Crippen molar-refractivity contribution in [1.82, 2.24) is 20.1 Å². The number of amides is 2. The highest BCUT2D eigenvalue weighted by Crippen LogP contribution is 2.33. The van der Waals surface area contributed by atoms with Crippen LogP contribution in [0.2, 0.25) is 0 Å². The van der Waals surface area contributed by atoms with E-state index in [2.05, 4.69) is 17.1 Å². The Hall–Kier alpha value is -3.68. The number of ketones is 1. The van der Waals surface area contributed by atoms with Crippen LogP contribution in [-0.4, -0.2) is 94.5 Å². The standard InChI is InChI=1S/C44H68N4O8S/c1-9-11-17-22-55-28-48(43(52)40(30(5)10-2)46-41(51)36-20-15-16-21-47(36)8)37(29(3)4)26-39(56-32(7)49)42-45-35(27-57-42)38(50)25-34(23-31(6)44(53)54)24-33-18-13-12-14-19-33/h12-14,18-19,27,29-31,34,36-37,39-40H,9-11,15-17,20-26,28H2,1-8H3,(H,46,51)(H,53,54)/t30?,31-,34+,36?,37+,39+,40-/m0/s1. The molecule has 2 heterocycles. The molecule has 1 saturated heterocycles. The van der Waals surface area contributed by atoms with Crippen molar-refractivity contribution in [2.75, 3.05) is 26.9 Å². The van der Waals surface area contributed by atoms with E-state index < -0.39 is 36.0 Å². The number of benzene rings is 1. The number of carbonyl (C=O) groups excluding carboxylic acids is 4. The number of hydrogen-bond acceptors (Lipinski definition) is 10. The predicted molar refractivity (Wildman–Crippen MR) is 223 cm³/mol. The summed E-state index contributed by atoms with van der Waals surface area (Å²) in [6.07, 6.45) is 6.58. The van der Waals surface area contributed by atoms with E-state index in [4.69, 9.17) is 14.5 Å². The molecule has 2 aromatic rings. The van der Waals surface area contributed by atoms with Crippen LogP contribution >= 0.6 is 11.3 Å². The Balaban J connectivity index is 1.92. The zero-order valence-electron chi connectivity index (χ0n) is 35.5. The number of aliphatic carboxylic acids is 1. The number of thiazole rings is 1. The van der Waals surface area contributed by atoms with Gasteiger partial charge in [-0.2, -0.15) is 0 Å². The summed E-state index contributed by atoms with van der Waals surface area (Å²) in [6.45, 7) is 14.4. The summed E-state index contributed by atoms with van der Waals surface area (Å²) < 4.78 is 12.1. The molecule has 0 bridgehead atoms. The predicted octanol–water partition coefficient (Wildman–Crippen LogP) is 7.71. The molecule has 1 aromatic heterocycles. The fourth-order valence-electron chi connectivity index (χ4n) is 7.55. The van der Waals surface area contributed by atoms with E-state index in [1.165, 1.54) is 18.3 Å². The third-order valence-electron chi connectivity index (χ3n) is 11.2. The molecule has 0 radical (unpaired) electrons. The zero-order chi connectivity index (χ0) is 42.1. The molecule has 1 fully saturated rings. The molecule has 7 atom stereocenters. The Kier molecular flexibility index (Phi) is 20.3. The first-order valence-electron chi connectivity index (χ1n) is 21.0. The fourth-order valence-corrected chi connectivity index (χ4v) is 8.42. The van der Waals surface area contributed by atoms with Crippen molar-refractivity contribution < 1.29 is 38.6 Å². The molecular weight excluding hydrogens is 745 g/mol. The minimum atomic E-state index is -0.908. The van der Waals surface area contributed by atoms with Crippen LogP contribution in [-0.2, 0) is 35.1 Å². The molecule has 0 saturated carbocycles. The minimum Gasteiger partial charge on any atom is -0.481 e. The number of carboxylic acid groups (broad SMARTS) is 1. The minimum absolute atomic E-state index is 0.00347. The Morgan fingerprint density at radius 2 is 1.75 bits per heavy atom. The van der Waals surface area contributed by atoms with Gasteiger partial charge in [0.1, 0.15) is 23.5 Å². The molecule has 2 N–H and O–H groups in total. The molecule has 1 aliphatic rings. The van der Waals surface area contributed by atoms with Gasteiger partial charge in [-0.05, 0) is 69.0 Å². The third kappa shape index (κ3) is 15.2. The number of aromatic nitrogens is 1. The van der Waals surface area contributed by atoms with Crippen LogP contribution in [0.25, 0.3) is 0 Å². The number of Topliss-reactive ketones (excluding diaryl/α,β-unsaturated/α-hetero) is 1. The highest BCUT2D eigenvalue weighted by Gasteiger charge is 2.39. The van der Waals surface area contributed by atoms with E-state index in [1.807, 2.05) is 65.1 Å². The first-order valence-corrected chi connectivity index (χ1v) is 21.9. The molecular formula is C44H68N4O8S. The highest BCUT2D eigenvalue weighted by molar-refractivity contribution is 7.09. The van der Waals surface area contributed by atoms with Crippen molar-refractivity contribution in [3.05, 3.63) is 52.0 Å². The van der Waals surface area contributed by atoms with Gasteiger partial charge < -0.3 is 24.8 Å². The second-order valence-corrected chi connectivity index (χ2v) is 17.2. The Morgan fingerprint density at radius 3 is 2.37 bits per heavy atom. The Labute approximate surface area is 344 Å². The Bertz CT molecular complexity index is 1570. The van der Waals surface area contributed by atoms with E-state index >= 15 is 0 Å². The van der Waals surface area contributed by atoms with Crippen molar-refractivity contribution in [2.45, 2.75) is 143 Å². The van der Waals surface area contributed by atoms with E-state index in [0.29, 0.717) is 30.9 Å². The lowest BCUT2D eigenvalue weighted by Gasteiger charge is -2.40. The third-order valence-corrected chi connectivity index (χ3v) is 12.2. The SMILES string of the molecule is CCCCCOCN(C(=O)[C@@H](NC(=O)C1CCCCN1C)C(C)CC)[C@H](C[C@@H](OC(C)=O)c1nc(C(=O)C[C@@H](Cc2ccccc2)C[C@H](C)C(=O)O)cs1)C(C)C. The number of rotatable bonds is 25. The number of nitrogens with one attached hydrogen (secondary N) is 1. The second kappa shape index (κ2) is 24.3. The van der Waals surface area contributed by atoms with Crippen LogP contribution in [0, 0.1) is 23.7 Å². The molecule has 0 aliphatic carbocycles. The number of carboxylic acids is 1. The first-order chi connectivity index (χ1) is 27.2. The maximum atomic E-state index is 14.8. The molecule has 318 valence electrons. The fraction of sp³-hybridized carbons (Fsp3) is 0.682. The highest BCUT2D eigenvalue weighted by atomic mass is 32.1. The van der Waals surface area contributed by atoms with Gasteiger partial charge in [-0.15, -0.1) is 11.3 Å². The maximum absolute atomic E-state index is 14.8. The first kappa shape index (κ1) is 47.7. The number of nitrogens with zero attached hydrogens (tertiary/aromatic N) is 3. The molecule has 0 spiro atoms. The number of carbonyl (C=O) groups is 5. The number of esters is 1. The summed E-state index contributed by atoms with van der Waals surface area (Å²) in [6, 6.07) is 8.12. The molecule has 57 heavy (non-hydrogen) atoms. The average molecular weight is 813 g/mol. The second-order valence-electron chi connectivity index (χ2n) is 16.3. The van der Waals surface area contributed by atoms with Gasteiger partial charge >= 0.3 is 11.9 Å². The van der Waals surface area contributed by atoms with Crippen LogP contribution in [0.5, 0.6) is 0 Å². The van der Waals surface area contributed by atoms with E-state index in [1.54, 1.807) is 17.2 Å². The van der Waals surface area contributed by atoms with Gasteiger partial charge in [0.05, 0.1) is 12.0 Å². The summed E-state index contributed by atoms with van der Waals surface area (Å²) >= 11 is 1.22. The van der Waals surface area contributed by atoms with Crippen molar-refractivity contribution in [3.8, 4) is 0 Å². The number of piperidine rings is 1. The van der Waals surface area contributed by atoms with Gasteiger partial charge in [0, 0.05) is 37.8 Å². The molecule has 3 rings (SSSR count). The topological polar surface area (TPSA) is 155 Å². The van der Waals surface area contributed by atoms with Crippen LogP contribution in [0.15, 0.2) is 35.7 Å². The lowest BCUT2D eigenvalue weighted by Crippen LogP contribution is -2.59. The number of likely N-dealkylation sites (tertiary alicyclic amines) is 1. The average Bonchev–Trinajstić information content (AvgIpc) is 3.67. The van der Waals surface area contributed by atoms with Gasteiger partial charge in [0.15, 0.2) is 11.9 Å². The quantitative estimate of drug-likeness (QED) is 0.0441. The molecule has 1 aliphatic heterocycles. The van der Waals surface area contributed by atoms with Crippen molar-refractivity contribution >= 4 is 40.9 Å². The van der Waals surface area contributed by atoms with Crippen molar-refractivity contribution in [1.29, 1.82) is 0 Å². The monoisotopic (exact) mass is 812 g/mol. The van der Waals surface area contributed by atoms with E-state index in [0.717, 1.165) is 50.6 Å². The molecule has 12 nitrogen and oxygen atoms in total. The summed E-state index contributed by atoms with van der Waals surface area (Å²) in [5, 5.41) is 14.9. The van der Waals surface area contributed by atoms with Crippen LogP contribution in [0.4, 0.5) is 0 Å². The van der Waals surface area contributed by atoms with E-state index in [9.17, 15) is 29.1 Å². The number of unbranched alkanes of at least 4 members (excludes halogenated alkanes) is 2. The maximum Gasteiger partial charge on any atom is 0.306 e. The van der Waals surface area contributed by atoms with Gasteiger partial charge in [0.2, 0.25) is 11.8 Å². The summed E-state index contributed by atoms with van der Waals surface area (Å²) in [4.78, 5) is 75.1. The Morgan fingerprint density at radius 1 is 1.04 bits per heavy atom. The lowest BCUT2D eigenvalue weighted by atomic mass is 9.86. The van der Waals surface area contributed by atoms with Gasteiger partial charge in [-0.3, -0.25) is 28.9 Å². The van der Waals surface area contributed by atoms with Crippen LogP contribution in [0.3, 0.4) is 0 Å². The van der Waals surface area contributed by atoms with Crippen LogP contribution in [0.1, 0.15) is 140 Å². The molecule has 13 heteroatoms. The summed E-state index contributed by atoms with van der Waals surface area (Å²) in [7, 11) is 1.95. The number of hydrogen-bond donors (Lipinski definition) is 2. The lowest BCUT2D eigenvalue weighted by molar-refractivity contribution is -0.153. The summed E-state index contributed by atoms with van der Waals surface area (Å²) in [5.41, 5.74) is 1.25. The van der Waals surface area contributed by atoms with E-state index in [-0.39, 0.29) is 66.7 Å². The smallest absolute Gasteiger partial charge is 0.306 e. The van der Waals surface area contributed by atoms with Crippen molar-refractivity contribution in [3.63, 3.8) is 0 Å². The zero-order valence-corrected chi connectivity index (χ0v) is 36.4. The largest absolute Gasteiger partial charge is 0.481 e. The van der Waals surface area contributed by atoms with Crippen molar-refractivity contribution in [2.24, 2.45) is 23.7 Å². The molecule has 2 amide bonds. The van der Waals surface area contributed by atoms with Gasteiger partial charge in [0.25, 0.3) is 0 Å². The van der Waals surface area contributed by atoms with Crippen LogP contribution < -0.4 is 5.32 Å². The number of likely N-dealkylation sites (N-methyl/N-ethyl adjacent to an activating group) is 1.